The van der Waals surface area contributed by atoms with Crippen LogP contribution in [0.3, 0.4) is 0 Å². The van der Waals surface area contributed by atoms with Gasteiger partial charge >= 0.3 is 0 Å². The molecule has 0 radical (unpaired) electrons. The highest BCUT2D eigenvalue weighted by atomic mass is 19.1. The highest BCUT2D eigenvalue weighted by Crippen LogP contribution is 2.39. The van der Waals surface area contributed by atoms with Gasteiger partial charge < -0.3 is 19.5 Å². The Bertz CT molecular complexity index is 1050. The molecule has 0 unspecified atom stereocenters. The number of hydrogen-bond acceptors (Lipinski definition) is 6. The molecule has 0 spiro atoms. The topological polar surface area (TPSA) is 79.3 Å². The molecule has 0 aliphatic carbocycles. The Hall–Kier alpha value is -3.23. The van der Waals surface area contributed by atoms with Gasteiger partial charge in [-0.2, -0.15) is 0 Å². The van der Waals surface area contributed by atoms with E-state index in [4.69, 9.17) is 9.47 Å². The van der Waals surface area contributed by atoms with Crippen molar-refractivity contribution in [2.45, 2.75) is 19.4 Å². The summed E-state index contributed by atoms with van der Waals surface area (Å²) in [5.74, 6) is -1.45. The second-order valence-electron chi connectivity index (χ2n) is 8.37. The van der Waals surface area contributed by atoms with Gasteiger partial charge in [-0.25, -0.2) is 4.39 Å². The van der Waals surface area contributed by atoms with Crippen molar-refractivity contribution in [1.29, 1.82) is 0 Å². The second kappa shape index (κ2) is 10.8. The summed E-state index contributed by atoms with van der Waals surface area (Å²) in [6.45, 7) is 6.19. The average molecular weight is 469 g/mol. The van der Waals surface area contributed by atoms with Gasteiger partial charge in [0.2, 0.25) is 0 Å². The summed E-state index contributed by atoms with van der Waals surface area (Å²) in [4.78, 5) is 29.8. The molecule has 180 valence electrons. The molecule has 0 aromatic heterocycles. The van der Waals surface area contributed by atoms with Crippen molar-refractivity contribution in [3.05, 3.63) is 71.0 Å². The number of aliphatic hydroxyl groups is 1. The molecule has 1 amide bonds. The number of hydrogen-bond donors (Lipinski definition) is 1. The molecule has 2 fully saturated rings. The van der Waals surface area contributed by atoms with Gasteiger partial charge in [0, 0.05) is 31.7 Å². The molecule has 0 bridgehead atoms. The number of amides is 1. The fraction of sp³-hybridized carbons (Fsp3) is 0.385. The number of carbonyl (C=O) groups excluding carboxylic acids is 2. The lowest BCUT2D eigenvalue weighted by Gasteiger charge is -2.31. The zero-order chi connectivity index (χ0) is 24.1. The zero-order valence-corrected chi connectivity index (χ0v) is 19.2. The van der Waals surface area contributed by atoms with Crippen LogP contribution < -0.4 is 4.74 Å². The van der Waals surface area contributed by atoms with E-state index in [0.29, 0.717) is 49.8 Å². The number of morpholine rings is 1. The molecule has 1 atom stereocenters. The maximum absolute atomic E-state index is 13.6. The number of halogens is 1. The van der Waals surface area contributed by atoms with Crippen LogP contribution in [0.5, 0.6) is 5.75 Å². The summed E-state index contributed by atoms with van der Waals surface area (Å²) in [5, 5.41) is 11.1. The van der Waals surface area contributed by atoms with E-state index in [0.717, 1.165) is 19.5 Å². The quantitative estimate of drug-likeness (QED) is 0.364. The number of benzene rings is 2. The van der Waals surface area contributed by atoms with E-state index in [2.05, 4.69) is 4.90 Å². The third kappa shape index (κ3) is 5.13. The van der Waals surface area contributed by atoms with Gasteiger partial charge in [0.05, 0.1) is 31.4 Å². The number of ketones is 1. The monoisotopic (exact) mass is 468 g/mol. The zero-order valence-electron chi connectivity index (χ0n) is 19.2. The normalized spacial score (nSPS) is 20.6. The molecule has 7 nitrogen and oxygen atoms in total. The molecule has 2 aromatic rings. The van der Waals surface area contributed by atoms with Crippen LogP contribution in [0.1, 0.15) is 30.5 Å². The van der Waals surface area contributed by atoms with Crippen LogP contribution in [0.2, 0.25) is 0 Å². The van der Waals surface area contributed by atoms with Crippen LogP contribution in [-0.2, 0) is 14.3 Å². The van der Waals surface area contributed by atoms with Gasteiger partial charge in [0.25, 0.3) is 11.7 Å². The molecule has 34 heavy (non-hydrogen) atoms. The van der Waals surface area contributed by atoms with Gasteiger partial charge in [0.1, 0.15) is 17.3 Å². The number of aliphatic hydroxyl groups excluding tert-OH is 1. The lowest BCUT2D eigenvalue weighted by molar-refractivity contribution is -0.140. The lowest BCUT2D eigenvalue weighted by atomic mass is 9.95. The Labute approximate surface area is 198 Å². The second-order valence-corrected chi connectivity index (χ2v) is 8.37. The third-order valence-corrected chi connectivity index (χ3v) is 6.09. The first-order chi connectivity index (χ1) is 16.5. The predicted octanol–water partition coefficient (Wildman–Crippen LogP) is 3.37. The number of nitrogens with zero attached hydrogens (tertiary/aromatic N) is 2. The summed E-state index contributed by atoms with van der Waals surface area (Å²) >= 11 is 0. The molecule has 0 saturated carbocycles. The Morgan fingerprint density at radius 2 is 1.74 bits per heavy atom. The maximum atomic E-state index is 13.6. The van der Waals surface area contributed by atoms with E-state index >= 15 is 0 Å². The van der Waals surface area contributed by atoms with Crippen molar-refractivity contribution >= 4 is 17.4 Å². The van der Waals surface area contributed by atoms with Crippen LogP contribution in [0.25, 0.3) is 5.76 Å². The number of carbonyl (C=O) groups is 2. The minimum absolute atomic E-state index is 0.000752. The molecule has 2 aromatic carbocycles. The summed E-state index contributed by atoms with van der Waals surface area (Å²) in [6.07, 6.45) is 0.868. The molecule has 2 heterocycles. The van der Waals surface area contributed by atoms with E-state index in [9.17, 15) is 19.1 Å². The number of likely N-dealkylation sites (tertiary alicyclic amines) is 1. The smallest absolute Gasteiger partial charge is 0.295 e. The minimum atomic E-state index is -0.808. The lowest BCUT2D eigenvalue weighted by Crippen LogP contribution is -2.42. The fourth-order valence-electron chi connectivity index (χ4n) is 4.26. The van der Waals surface area contributed by atoms with Crippen LogP contribution in [0.15, 0.2) is 54.1 Å². The standard InChI is InChI=1S/C26H29FN2O5/c1-2-15-34-21-9-5-19(6-10-21)24(30)22-23(18-3-7-20(27)8-4-18)29(26(32)25(22)31)12-11-28-13-16-33-17-14-28/h3-10,23,30H,2,11-17H2,1H3/b24-22+/t23-/m1/s1. The fourth-order valence-corrected chi connectivity index (χ4v) is 4.26. The van der Waals surface area contributed by atoms with Crippen LogP contribution in [-0.4, -0.2) is 72.6 Å². The van der Waals surface area contributed by atoms with Gasteiger partial charge in [-0.3, -0.25) is 14.5 Å². The molecule has 8 heteroatoms. The van der Waals surface area contributed by atoms with E-state index in [-0.39, 0.29) is 11.3 Å². The first kappa shape index (κ1) is 23.9. The van der Waals surface area contributed by atoms with Crippen molar-refractivity contribution in [3.8, 4) is 5.75 Å². The van der Waals surface area contributed by atoms with E-state index in [1.807, 2.05) is 6.92 Å². The Kier molecular flexibility index (Phi) is 7.59. The van der Waals surface area contributed by atoms with Gasteiger partial charge in [-0.1, -0.05) is 19.1 Å². The van der Waals surface area contributed by atoms with E-state index in [1.54, 1.807) is 36.4 Å². The first-order valence-corrected chi connectivity index (χ1v) is 11.6. The van der Waals surface area contributed by atoms with Gasteiger partial charge in [-0.15, -0.1) is 0 Å². The number of Topliss-reactive ketones (excluding diaryl/α,β-unsaturated/α-hetero) is 1. The van der Waals surface area contributed by atoms with E-state index in [1.165, 1.54) is 17.0 Å². The Balaban J connectivity index is 1.67. The molecule has 4 rings (SSSR count). The highest BCUT2D eigenvalue weighted by Gasteiger charge is 2.46. The molecule has 1 N–H and O–H groups in total. The largest absolute Gasteiger partial charge is 0.507 e. The average Bonchev–Trinajstić information content (AvgIpc) is 3.12. The number of rotatable bonds is 8. The van der Waals surface area contributed by atoms with Crippen molar-refractivity contribution < 1.29 is 28.6 Å². The van der Waals surface area contributed by atoms with Gasteiger partial charge in [-0.05, 0) is 48.4 Å². The molecular formula is C26H29FN2O5. The minimum Gasteiger partial charge on any atom is -0.507 e. The van der Waals surface area contributed by atoms with Crippen molar-refractivity contribution in [2.75, 3.05) is 46.0 Å². The van der Waals surface area contributed by atoms with Crippen molar-refractivity contribution in [3.63, 3.8) is 0 Å². The maximum Gasteiger partial charge on any atom is 0.295 e. The molecule has 2 aliphatic rings. The molecule has 2 saturated heterocycles. The summed E-state index contributed by atoms with van der Waals surface area (Å²) < 4.78 is 24.6. The highest BCUT2D eigenvalue weighted by molar-refractivity contribution is 6.46. The Morgan fingerprint density at radius 3 is 2.38 bits per heavy atom. The van der Waals surface area contributed by atoms with E-state index < -0.39 is 23.5 Å². The number of ether oxygens (including phenoxy) is 2. The van der Waals surface area contributed by atoms with Crippen molar-refractivity contribution in [2.24, 2.45) is 0 Å². The SMILES string of the molecule is CCCOc1ccc(/C(O)=C2\C(=O)C(=O)N(CCN3CCOCC3)[C@@H]2c2ccc(F)cc2)cc1. The van der Waals surface area contributed by atoms with Gasteiger partial charge in [0.15, 0.2) is 0 Å². The summed E-state index contributed by atoms with van der Waals surface area (Å²) in [7, 11) is 0. The van der Waals surface area contributed by atoms with Crippen LogP contribution in [0, 0.1) is 5.82 Å². The third-order valence-electron chi connectivity index (χ3n) is 6.09. The molecular weight excluding hydrogens is 439 g/mol. The summed E-state index contributed by atoms with van der Waals surface area (Å²) in [6, 6.07) is 11.6. The van der Waals surface area contributed by atoms with Crippen LogP contribution in [0.4, 0.5) is 4.39 Å². The Morgan fingerprint density at radius 1 is 1.06 bits per heavy atom. The molecule has 2 aliphatic heterocycles. The predicted molar refractivity (Wildman–Crippen MR) is 125 cm³/mol. The van der Waals surface area contributed by atoms with Crippen molar-refractivity contribution in [1.82, 2.24) is 9.80 Å². The van der Waals surface area contributed by atoms with Crippen LogP contribution >= 0.6 is 0 Å². The summed E-state index contributed by atoms with van der Waals surface area (Å²) in [5.41, 5.74) is 0.968. The first-order valence-electron chi connectivity index (χ1n) is 11.6.